The van der Waals surface area contributed by atoms with Crippen LogP contribution in [0.25, 0.3) is 22.0 Å². The van der Waals surface area contributed by atoms with Gasteiger partial charge in [0.1, 0.15) is 5.82 Å². The summed E-state index contributed by atoms with van der Waals surface area (Å²) in [5.74, 6) is 0.997. The Bertz CT molecular complexity index is 827. The molecule has 1 aliphatic heterocycles. The molecule has 4 heteroatoms. The van der Waals surface area contributed by atoms with E-state index >= 15 is 0 Å². The van der Waals surface area contributed by atoms with E-state index in [0.29, 0.717) is 0 Å². The summed E-state index contributed by atoms with van der Waals surface area (Å²) in [4.78, 5) is 7.23. The summed E-state index contributed by atoms with van der Waals surface area (Å²) in [5, 5.41) is 2.16. The number of hydrogen-bond donors (Lipinski definition) is 1. The Labute approximate surface area is 135 Å². The van der Waals surface area contributed by atoms with E-state index in [1.807, 2.05) is 30.3 Å². The summed E-state index contributed by atoms with van der Waals surface area (Å²) in [6.07, 6.45) is 0. The lowest BCUT2D eigenvalue weighted by Crippen LogP contribution is -2.37. The van der Waals surface area contributed by atoms with Gasteiger partial charge in [-0.15, -0.1) is 0 Å². The molecule has 0 atom stereocenters. The Kier molecular flexibility index (Phi) is 3.60. The lowest BCUT2D eigenvalue weighted by atomic mass is 10.0. The number of benzene rings is 2. The van der Waals surface area contributed by atoms with E-state index in [1.165, 1.54) is 0 Å². The third-order valence-corrected chi connectivity index (χ3v) is 4.29. The second-order valence-corrected chi connectivity index (χ2v) is 5.71. The number of fused-ring (bicyclic) bond motifs is 1. The number of anilines is 2. The molecule has 1 fully saturated rings. The van der Waals surface area contributed by atoms with Gasteiger partial charge in [0.2, 0.25) is 0 Å². The van der Waals surface area contributed by atoms with Crippen LogP contribution in [0.5, 0.6) is 0 Å². The molecule has 0 saturated carbocycles. The number of ether oxygens (including phenoxy) is 1. The summed E-state index contributed by atoms with van der Waals surface area (Å²) in [5.41, 5.74) is 9.08. The first kappa shape index (κ1) is 14.0. The minimum atomic E-state index is 0.737. The molecule has 1 saturated heterocycles. The third kappa shape index (κ3) is 2.51. The number of rotatable bonds is 2. The number of morpholine rings is 1. The second kappa shape index (κ2) is 5.89. The van der Waals surface area contributed by atoms with Gasteiger partial charge in [0.25, 0.3) is 0 Å². The van der Waals surface area contributed by atoms with Gasteiger partial charge in [0.15, 0.2) is 0 Å². The van der Waals surface area contributed by atoms with Gasteiger partial charge < -0.3 is 15.4 Å². The van der Waals surface area contributed by atoms with Gasteiger partial charge in [-0.05, 0) is 0 Å². The van der Waals surface area contributed by atoms with Gasteiger partial charge in [0.05, 0.1) is 24.6 Å². The van der Waals surface area contributed by atoms with Gasteiger partial charge in [-0.1, -0.05) is 54.6 Å². The molecule has 1 aliphatic rings. The maximum atomic E-state index is 6.44. The predicted octanol–water partition coefficient (Wildman–Crippen LogP) is 3.32. The van der Waals surface area contributed by atoms with Crippen molar-refractivity contribution >= 4 is 22.3 Å². The van der Waals surface area contributed by atoms with Crippen LogP contribution in [0.15, 0.2) is 54.6 Å². The SMILES string of the molecule is Nc1c(-c2ccccc2)nc(N2CCOCC2)c2ccccc12. The minimum absolute atomic E-state index is 0.737. The fourth-order valence-corrected chi connectivity index (χ4v) is 3.10. The van der Waals surface area contributed by atoms with Gasteiger partial charge in [-0.3, -0.25) is 0 Å². The van der Waals surface area contributed by atoms with Gasteiger partial charge in [0, 0.05) is 29.4 Å². The van der Waals surface area contributed by atoms with E-state index in [9.17, 15) is 0 Å². The van der Waals surface area contributed by atoms with E-state index in [4.69, 9.17) is 15.5 Å². The molecule has 3 aromatic rings. The Morgan fingerprint density at radius 2 is 1.52 bits per heavy atom. The average molecular weight is 305 g/mol. The van der Waals surface area contributed by atoms with Crippen molar-refractivity contribution in [1.82, 2.24) is 4.98 Å². The van der Waals surface area contributed by atoms with Crippen molar-refractivity contribution < 1.29 is 4.74 Å². The smallest absolute Gasteiger partial charge is 0.137 e. The van der Waals surface area contributed by atoms with Crippen molar-refractivity contribution in [2.75, 3.05) is 36.9 Å². The predicted molar refractivity (Wildman–Crippen MR) is 94.6 cm³/mol. The van der Waals surface area contributed by atoms with E-state index in [2.05, 4.69) is 29.2 Å². The molecule has 0 bridgehead atoms. The van der Waals surface area contributed by atoms with E-state index in [0.717, 1.165) is 59.8 Å². The topological polar surface area (TPSA) is 51.4 Å². The lowest BCUT2D eigenvalue weighted by Gasteiger charge is -2.29. The van der Waals surface area contributed by atoms with Crippen LogP contribution in [0.1, 0.15) is 0 Å². The number of nitrogen functional groups attached to an aromatic ring is 1. The molecule has 0 spiro atoms. The second-order valence-electron chi connectivity index (χ2n) is 5.71. The third-order valence-electron chi connectivity index (χ3n) is 4.29. The van der Waals surface area contributed by atoms with Crippen molar-refractivity contribution in [1.29, 1.82) is 0 Å². The normalized spacial score (nSPS) is 15.0. The molecule has 2 heterocycles. The van der Waals surface area contributed by atoms with Crippen molar-refractivity contribution in [3.8, 4) is 11.3 Å². The number of pyridine rings is 1. The summed E-state index contributed by atoms with van der Waals surface area (Å²) in [6, 6.07) is 18.4. The van der Waals surface area contributed by atoms with Gasteiger partial charge >= 0.3 is 0 Å². The first-order chi connectivity index (χ1) is 11.3. The van der Waals surface area contributed by atoms with Crippen molar-refractivity contribution in [3.63, 3.8) is 0 Å². The molecule has 23 heavy (non-hydrogen) atoms. The lowest BCUT2D eigenvalue weighted by molar-refractivity contribution is 0.122. The molecule has 0 unspecified atom stereocenters. The maximum absolute atomic E-state index is 6.44. The molecular weight excluding hydrogens is 286 g/mol. The maximum Gasteiger partial charge on any atom is 0.137 e. The minimum Gasteiger partial charge on any atom is -0.396 e. The van der Waals surface area contributed by atoms with Gasteiger partial charge in [-0.2, -0.15) is 0 Å². The zero-order chi connectivity index (χ0) is 15.6. The Hall–Kier alpha value is -2.59. The number of hydrogen-bond acceptors (Lipinski definition) is 4. The van der Waals surface area contributed by atoms with Crippen LogP contribution in [-0.4, -0.2) is 31.3 Å². The summed E-state index contributed by atoms with van der Waals surface area (Å²) < 4.78 is 5.48. The van der Waals surface area contributed by atoms with Crippen LogP contribution in [0.3, 0.4) is 0 Å². The molecule has 2 aromatic carbocycles. The summed E-state index contributed by atoms with van der Waals surface area (Å²) in [6.45, 7) is 3.19. The van der Waals surface area contributed by atoms with Crippen molar-refractivity contribution in [2.45, 2.75) is 0 Å². The van der Waals surface area contributed by atoms with Crippen LogP contribution in [0.4, 0.5) is 11.5 Å². The van der Waals surface area contributed by atoms with E-state index < -0.39 is 0 Å². The number of aromatic nitrogens is 1. The zero-order valence-electron chi connectivity index (χ0n) is 12.9. The molecule has 0 aliphatic carbocycles. The standard InChI is InChI=1S/C19H19N3O/c20-17-15-8-4-5-9-16(15)19(22-10-12-23-13-11-22)21-18(17)14-6-2-1-3-7-14/h1-9H,10-13,20H2. The van der Waals surface area contributed by atoms with Crippen molar-refractivity contribution in [2.24, 2.45) is 0 Å². The molecule has 4 nitrogen and oxygen atoms in total. The van der Waals surface area contributed by atoms with E-state index in [1.54, 1.807) is 0 Å². The Balaban J connectivity index is 1.95. The summed E-state index contributed by atoms with van der Waals surface area (Å²) in [7, 11) is 0. The first-order valence-electron chi connectivity index (χ1n) is 7.91. The molecular formula is C19H19N3O. The number of nitrogens with zero attached hydrogens (tertiary/aromatic N) is 2. The highest BCUT2D eigenvalue weighted by Gasteiger charge is 2.19. The van der Waals surface area contributed by atoms with Crippen LogP contribution in [0, 0.1) is 0 Å². The average Bonchev–Trinajstić information content (AvgIpc) is 2.64. The molecule has 0 radical (unpaired) electrons. The first-order valence-corrected chi connectivity index (χ1v) is 7.91. The van der Waals surface area contributed by atoms with E-state index in [-0.39, 0.29) is 0 Å². The molecule has 116 valence electrons. The van der Waals surface area contributed by atoms with Crippen LogP contribution >= 0.6 is 0 Å². The fraction of sp³-hybridized carbons (Fsp3) is 0.211. The quantitative estimate of drug-likeness (QED) is 0.789. The highest BCUT2D eigenvalue weighted by Crippen LogP contribution is 2.36. The summed E-state index contributed by atoms with van der Waals surface area (Å²) >= 11 is 0. The molecule has 1 aromatic heterocycles. The Morgan fingerprint density at radius 1 is 0.870 bits per heavy atom. The van der Waals surface area contributed by atoms with Crippen LogP contribution < -0.4 is 10.6 Å². The highest BCUT2D eigenvalue weighted by molar-refractivity contribution is 6.04. The molecule has 2 N–H and O–H groups in total. The molecule has 4 rings (SSSR count). The largest absolute Gasteiger partial charge is 0.396 e. The van der Waals surface area contributed by atoms with Crippen molar-refractivity contribution in [3.05, 3.63) is 54.6 Å². The highest BCUT2D eigenvalue weighted by atomic mass is 16.5. The van der Waals surface area contributed by atoms with Crippen LogP contribution in [0.2, 0.25) is 0 Å². The monoisotopic (exact) mass is 305 g/mol. The molecule has 0 amide bonds. The fourth-order valence-electron chi connectivity index (χ4n) is 3.10. The number of nitrogens with two attached hydrogens (primary N) is 1. The Morgan fingerprint density at radius 3 is 2.26 bits per heavy atom. The zero-order valence-corrected chi connectivity index (χ0v) is 12.9. The van der Waals surface area contributed by atoms with Crippen LogP contribution in [-0.2, 0) is 4.74 Å². The van der Waals surface area contributed by atoms with Gasteiger partial charge in [-0.25, -0.2) is 4.98 Å².